The molecule has 0 unspecified atom stereocenters. The third kappa shape index (κ3) is 4.72. The molecule has 0 aliphatic rings. The van der Waals surface area contributed by atoms with Crippen molar-refractivity contribution in [2.75, 3.05) is 24.4 Å². The highest BCUT2D eigenvalue weighted by Gasteiger charge is 2.14. The van der Waals surface area contributed by atoms with Gasteiger partial charge in [0, 0.05) is 19.2 Å². The molecule has 3 rings (SSSR count). The second kappa shape index (κ2) is 9.03. The number of amides is 2. The normalized spacial score (nSPS) is 10.5. The van der Waals surface area contributed by atoms with Crippen LogP contribution < -0.4 is 15.4 Å². The van der Waals surface area contributed by atoms with E-state index in [2.05, 4.69) is 20.9 Å². The number of benzene rings is 2. The first-order chi connectivity index (χ1) is 14.4. The minimum Gasteiger partial charge on any atom is -0.495 e. The van der Waals surface area contributed by atoms with Crippen molar-refractivity contribution in [3.63, 3.8) is 0 Å². The van der Waals surface area contributed by atoms with E-state index in [1.54, 1.807) is 41.1 Å². The topological polar surface area (TPSA) is 124 Å². The smallest absolute Gasteiger partial charge is 0.338 e. The summed E-state index contributed by atoms with van der Waals surface area (Å²) in [6.45, 7) is 3.48. The van der Waals surface area contributed by atoms with Gasteiger partial charge in [-0.25, -0.2) is 9.48 Å². The summed E-state index contributed by atoms with van der Waals surface area (Å²) in [6, 6.07) is 9.68. The molecule has 0 spiro atoms. The molecule has 0 radical (unpaired) electrons. The third-order valence-corrected chi connectivity index (χ3v) is 4.18. The van der Waals surface area contributed by atoms with Gasteiger partial charge >= 0.3 is 5.97 Å². The summed E-state index contributed by atoms with van der Waals surface area (Å²) in [4.78, 5) is 35.8. The van der Waals surface area contributed by atoms with Crippen LogP contribution in [0.3, 0.4) is 0 Å². The first-order valence-corrected chi connectivity index (χ1v) is 9.17. The maximum absolute atomic E-state index is 12.3. The Morgan fingerprint density at radius 1 is 1.10 bits per heavy atom. The van der Waals surface area contributed by atoms with Crippen LogP contribution in [0.2, 0.25) is 0 Å². The van der Waals surface area contributed by atoms with Gasteiger partial charge in [-0.05, 0) is 43.3 Å². The van der Waals surface area contributed by atoms with Crippen LogP contribution in [0.5, 0.6) is 5.75 Å². The maximum atomic E-state index is 12.3. The van der Waals surface area contributed by atoms with Crippen LogP contribution in [0, 0.1) is 0 Å². The summed E-state index contributed by atoms with van der Waals surface area (Å²) in [5.74, 6) is -1.06. The van der Waals surface area contributed by atoms with Crippen LogP contribution in [-0.2, 0) is 20.9 Å². The summed E-state index contributed by atoms with van der Waals surface area (Å²) < 4.78 is 12.0. The molecule has 0 fully saturated rings. The lowest BCUT2D eigenvalue weighted by molar-refractivity contribution is -0.119. The lowest BCUT2D eigenvalue weighted by Gasteiger charge is -2.12. The van der Waals surface area contributed by atoms with Crippen molar-refractivity contribution in [2.45, 2.75) is 20.4 Å². The molecule has 156 valence electrons. The number of fused-ring (bicyclic) bond motifs is 1. The number of nitrogens with one attached hydrogen (secondary N) is 2. The lowest BCUT2D eigenvalue weighted by atomic mass is 10.2. The molecule has 0 saturated carbocycles. The molecule has 1 heterocycles. The molecule has 3 aromatic rings. The molecule has 1 aromatic heterocycles. The molecule has 0 bridgehead atoms. The van der Waals surface area contributed by atoms with E-state index in [0.29, 0.717) is 29.2 Å². The van der Waals surface area contributed by atoms with Gasteiger partial charge in [0.15, 0.2) is 6.61 Å². The Hall–Kier alpha value is -3.95. The fraction of sp³-hybridized carbons (Fsp3) is 0.250. The minimum atomic E-state index is -0.655. The zero-order valence-corrected chi connectivity index (χ0v) is 16.8. The highest BCUT2D eigenvalue weighted by Crippen LogP contribution is 2.27. The molecule has 0 atom stereocenters. The number of aryl methyl sites for hydroxylation is 1. The van der Waals surface area contributed by atoms with Gasteiger partial charge in [-0.2, -0.15) is 0 Å². The number of esters is 1. The van der Waals surface area contributed by atoms with Gasteiger partial charge in [-0.15, -0.1) is 5.10 Å². The fourth-order valence-corrected chi connectivity index (χ4v) is 2.82. The van der Waals surface area contributed by atoms with Crippen LogP contribution in [0.25, 0.3) is 11.0 Å². The number of nitrogens with zero attached hydrogens (tertiary/aromatic N) is 3. The monoisotopic (exact) mass is 411 g/mol. The number of anilines is 2. The maximum Gasteiger partial charge on any atom is 0.338 e. The highest BCUT2D eigenvalue weighted by atomic mass is 16.5. The van der Waals surface area contributed by atoms with E-state index in [4.69, 9.17) is 9.47 Å². The van der Waals surface area contributed by atoms with Crippen molar-refractivity contribution in [3.8, 4) is 5.75 Å². The van der Waals surface area contributed by atoms with Crippen LogP contribution in [0.15, 0.2) is 36.4 Å². The van der Waals surface area contributed by atoms with Crippen LogP contribution in [0.1, 0.15) is 24.2 Å². The molecule has 0 saturated heterocycles. The summed E-state index contributed by atoms with van der Waals surface area (Å²) in [6.07, 6.45) is 0. The molecule has 10 nitrogen and oxygen atoms in total. The van der Waals surface area contributed by atoms with E-state index >= 15 is 0 Å². The number of hydrogen-bond donors (Lipinski definition) is 2. The Labute approximate surface area is 172 Å². The van der Waals surface area contributed by atoms with Crippen molar-refractivity contribution in [1.82, 2.24) is 15.0 Å². The number of carbonyl (C=O) groups excluding carboxylic acids is 3. The molecule has 0 aliphatic carbocycles. The van der Waals surface area contributed by atoms with E-state index in [1.807, 2.05) is 6.92 Å². The molecule has 2 aromatic carbocycles. The number of methoxy groups -OCH3 is 1. The van der Waals surface area contributed by atoms with E-state index < -0.39 is 18.5 Å². The first kappa shape index (κ1) is 20.8. The Morgan fingerprint density at radius 2 is 1.90 bits per heavy atom. The average molecular weight is 411 g/mol. The molecular formula is C20H21N5O5. The molecule has 0 aliphatic heterocycles. The third-order valence-electron chi connectivity index (χ3n) is 4.18. The minimum absolute atomic E-state index is 0.248. The van der Waals surface area contributed by atoms with Gasteiger partial charge in [-0.1, -0.05) is 5.21 Å². The van der Waals surface area contributed by atoms with Gasteiger partial charge < -0.3 is 20.1 Å². The van der Waals surface area contributed by atoms with Crippen molar-refractivity contribution >= 4 is 40.2 Å². The van der Waals surface area contributed by atoms with Crippen molar-refractivity contribution in [2.24, 2.45) is 0 Å². The molecule has 2 amide bonds. The SMILES string of the molecule is CCn1nnc2cc(C(=O)OCC(=O)Nc3cc(NC(C)=O)ccc3OC)ccc21. The number of carbonyl (C=O) groups is 3. The Kier molecular flexibility index (Phi) is 6.26. The van der Waals surface area contributed by atoms with Crippen molar-refractivity contribution in [3.05, 3.63) is 42.0 Å². The van der Waals surface area contributed by atoms with E-state index in [9.17, 15) is 14.4 Å². The number of hydrogen-bond acceptors (Lipinski definition) is 7. The predicted octanol–water partition coefficient (Wildman–Crippen LogP) is 2.21. The van der Waals surface area contributed by atoms with Crippen LogP contribution >= 0.6 is 0 Å². The van der Waals surface area contributed by atoms with E-state index in [0.717, 1.165) is 5.52 Å². The Balaban J connectivity index is 1.64. The first-order valence-electron chi connectivity index (χ1n) is 9.17. The second-order valence-corrected chi connectivity index (χ2v) is 6.33. The van der Waals surface area contributed by atoms with E-state index in [-0.39, 0.29) is 11.5 Å². The molecular weight excluding hydrogens is 390 g/mol. The standard InChI is InChI=1S/C20H21N5O5/c1-4-25-17-7-5-13(9-15(17)23-24-25)20(28)30-11-19(27)22-16-10-14(21-12(2)26)6-8-18(16)29-3/h5-10H,4,11H2,1-3H3,(H,21,26)(H,22,27). The summed E-state index contributed by atoms with van der Waals surface area (Å²) >= 11 is 0. The Morgan fingerprint density at radius 3 is 2.60 bits per heavy atom. The summed E-state index contributed by atoms with van der Waals surface area (Å²) in [5.41, 5.74) is 2.46. The van der Waals surface area contributed by atoms with Gasteiger partial charge in [0.1, 0.15) is 11.3 Å². The molecule has 2 N–H and O–H groups in total. The van der Waals surface area contributed by atoms with E-state index in [1.165, 1.54) is 14.0 Å². The zero-order chi connectivity index (χ0) is 21.7. The number of ether oxygens (including phenoxy) is 2. The molecule has 10 heteroatoms. The fourth-order valence-electron chi connectivity index (χ4n) is 2.82. The summed E-state index contributed by atoms with van der Waals surface area (Å²) in [5, 5.41) is 13.2. The van der Waals surface area contributed by atoms with Crippen molar-refractivity contribution in [1.29, 1.82) is 0 Å². The van der Waals surface area contributed by atoms with Gasteiger partial charge in [0.05, 0.1) is 23.9 Å². The van der Waals surface area contributed by atoms with Gasteiger partial charge in [-0.3, -0.25) is 9.59 Å². The largest absolute Gasteiger partial charge is 0.495 e. The quantitative estimate of drug-likeness (QED) is 0.571. The average Bonchev–Trinajstić information content (AvgIpc) is 3.14. The zero-order valence-electron chi connectivity index (χ0n) is 16.8. The predicted molar refractivity (Wildman–Crippen MR) is 109 cm³/mol. The number of rotatable bonds is 7. The van der Waals surface area contributed by atoms with Crippen LogP contribution in [-0.4, -0.2) is 46.5 Å². The van der Waals surface area contributed by atoms with Gasteiger partial charge in [0.2, 0.25) is 5.91 Å². The Bertz CT molecular complexity index is 1110. The molecule has 30 heavy (non-hydrogen) atoms. The van der Waals surface area contributed by atoms with Crippen molar-refractivity contribution < 1.29 is 23.9 Å². The highest BCUT2D eigenvalue weighted by molar-refractivity contribution is 5.98. The van der Waals surface area contributed by atoms with Crippen LogP contribution in [0.4, 0.5) is 11.4 Å². The lowest BCUT2D eigenvalue weighted by Crippen LogP contribution is -2.21. The second-order valence-electron chi connectivity index (χ2n) is 6.33. The number of aromatic nitrogens is 3. The summed E-state index contributed by atoms with van der Waals surface area (Å²) in [7, 11) is 1.45. The van der Waals surface area contributed by atoms with Gasteiger partial charge in [0.25, 0.3) is 5.91 Å².